The molecule has 3 amide bonds. The zero-order valence-corrected chi connectivity index (χ0v) is 18.9. The number of sulfone groups is 1. The number of carbonyl (C=O) groups excluding carboxylic acids is 2. The molecule has 170 valence electrons. The summed E-state index contributed by atoms with van der Waals surface area (Å²) in [4.78, 5) is 26.7. The normalized spacial score (nSPS) is 17.2. The largest absolute Gasteiger partial charge is 0.497 e. The molecule has 1 aliphatic heterocycles. The van der Waals surface area contributed by atoms with Crippen LogP contribution in [0.15, 0.2) is 53.4 Å². The van der Waals surface area contributed by atoms with E-state index in [1.807, 2.05) is 24.3 Å². The topological polar surface area (TPSA) is 105 Å². The molecule has 0 aromatic heterocycles. The molecule has 2 fully saturated rings. The van der Waals surface area contributed by atoms with E-state index in [-0.39, 0.29) is 28.3 Å². The second-order valence-corrected chi connectivity index (χ2v) is 10.8. The number of hydrogen-bond donors (Lipinski definition) is 2. The zero-order valence-electron chi connectivity index (χ0n) is 18.1. The minimum Gasteiger partial charge on any atom is -0.497 e. The summed E-state index contributed by atoms with van der Waals surface area (Å²) < 4.78 is 28.6. The van der Waals surface area contributed by atoms with E-state index in [0.717, 1.165) is 30.4 Å². The molecule has 1 aliphatic carbocycles. The Bertz CT molecular complexity index is 1120. The van der Waals surface area contributed by atoms with E-state index < -0.39 is 9.84 Å². The van der Waals surface area contributed by atoms with E-state index in [2.05, 4.69) is 10.6 Å². The van der Waals surface area contributed by atoms with Crippen molar-refractivity contribution in [2.75, 3.05) is 26.5 Å². The quantitative estimate of drug-likeness (QED) is 0.692. The highest BCUT2D eigenvalue weighted by Crippen LogP contribution is 2.48. The number of nitrogens with one attached hydrogen (secondary N) is 2. The maximum Gasteiger partial charge on any atom is 0.315 e. The Morgan fingerprint density at radius 2 is 1.81 bits per heavy atom. The number of ether oxygens (including phenoxy) is 1. The number of nitrogens with zero attached hydrogens (tertiary/aromatic N) is 1. The second kappa shape index (κ2) is 8.46. The number of rotatable bonds is 6. The predicted octanol–water partition coefficient (Wildman–Crippen LogP) is 2.20. The SMILES string of the molecule is COc1ccc(CNC(=O)NC2CC3(C2)CN(C(=O)c2cccc(S(C)(=O)=O)c2)C3)cc1. The van der Waals surface area contributed by atoms with Crippen LogP contribution >= 0.6 is 0 Å². The van der Waals surface area contributed by atoms with Crippen molar-refractivity contribution in [3.8, 4) is 5.75 Å². The van der Waals surface area contributed by atoms with Crippen molar-refractivity contribution >= 4 is 21.8 Å². The summed E-state index contributed by atoms with van der Waals surface area (Å²) in [6, 6.07) is 13.6. The van der Waals surface area contributed by atoms with Crippen LogP contribution in [-0.4, -0.2) is 57.8 Å². The first-order valence-corrected chi connectivity index (χ1v) is 12.3. The number of urea groups is 1. The van der Waals surface area contributed by atoms with E-state index in [1.165, 1.54) is 12.1 Å². The first-order chi connectivity index (χ1) is 15.2. The summed E-state index contributed by atoms with van der Waals surface area (Å²) in [5, 5.41) is 5.85. The van der Waals surface area contributed by atoms with Gasteiger partial charge >= 0.3 is 6.03 Å². The molecular formula is C23H27N3O5S. The van der Waals surface area contributed by atoms with Gasteiger partial charge in [0.1, 0.15) is 5.75 Å². The maximum atomic E-state index is 12.7. The maximum absolute atomic E-state index is 12.7. The van der Waals surface area contributed by atoms with E-state index >= 15 is 0 Å². The van der Waals surface area contributed by atoms with Gasteiger partial charge in [0.2, 0.25) is 0 Å². The molecule has 8 nitrogen and oxygen atoms in total. The van der Waals surface area contributed by atoms with E-state index in [1.54, 1.807) is 24.1 Å². The van der Waals surface area contributed by atoms with Crippen LogP contribution in [-0.2, 0) is 16.4 Å². The molecule has 1 heterocycles. The van der Waals surface area contributed by atoms with Gasteiger partial charge in [-0.2, -0.15) is 0 Å². The van der Waals surface area contributed by atoms with Crippen molar-refractivity contribution in [3.05, 3.63) is 59.7 Å². The lowest BCUT2D eigenvalue weighted by Gasteiger charge is -2.59. The molecule has 4 rings (SSSR count). The molecule has 0 bridgehead atoms. The fourth-order valence-electron chi connectivity index (χ4n) is 4.46. The van der Waals surface area contributed by atoms with Crippen LogP contribution in [0.3, 0.4) is 0 Å². The van der Waals surface area contributed by atoms with Gasteiger partial charge in [-0.25, -0.2) is 13.2 Å². The third-order valence-corrected chi connectivity index (χ3v) is 7.27. The van der Waals surface area contributed by atoms with Crippen molar-refractivity contribution in [2.45, 2.75) is 30.3 Å². The molecule has 0 radical (unpaired) electrons. The van der Waals surface area contributed by atoms with Gasteiger partial charge in [0, 0.05) is 42.9 Å². The van der Waals surface area contributed by atoms with Gasteiger partial charge in [-0.3, -0.25) is 4.79 Å². The first-order valence-electron chi connectivity index (χ1n) is 10.4. The van der Waals surface area contributed by atoms with Crippen LogP contribution < -0.4 is 15.4 Å². The Balaban J connectivity index is 1.21. The summed E-state index contributed by atoms with van der Waals surface area (Å²) in [5.74, 6) is 0.615. The highest BCUT2D eigenvalue weighted by atomic mass is 32.2. The Morgan fingerprint density at radius 1 is 1.12 bits per heavy atom. The number of methoxy groups -OCH3 is 1. The van der Waals surface area contributed by atoms with Crippen LogP contribution in [0.5, 0.6) is 5.75 Å². The molecule has 0 unspecified atom stereocenters. The summed E-state index contributed by atoms with van der Waals surface area (Å²) in [6.45, 7) is 1.68. The Labute approximate surface area is 187 Å². The third kappa shape index (κ3) is 4.72. The van der Waals surface area contributed by atoms with Gasteiger partial charge in [0.25, 0.3) is 5.91 Å². The molecule has 1 spiro atoms. The standard InChI is InChI=1S/C23H27N3O5S/c1-31-19-8-6-16(7-9-19)13-24-22(28)25-18-11-23(12-18)14-26(15-23)21(27)17-4-3-5-20(10-17)32(2,29)30/h3-10,18H,11-15H2,1-2H3,(H2,24,25,28). The predicted molar refractivity (Wildman–Crippen MR) is 119 cm³/mol. The van der Waals surface area contributed by atoms with Gasteiger partial charge < -0.3 is 20.3 Å². The fraction of sp³-hybridized carbons (Fsp3) is 0.391. The van der Waals surface area contributed by atoms with Gasteiger partial charge in [0.05, 0.1) is 12.0 Å². The number of likely N-dealkylation sites (tertiary alicyclic amines) is 1. The molecule has 32 heavy (non-hydrogen) atoms. The second-order valence-electron chi connectivity index (χ2n) is 8.74. The number of amides is 3. The van der Waals surface area contributed by atoms with Crippen molar-refractivity contribution < 1.29 is 22.7 Å². The van der Waals surface area contributed by atoms with Crippen LogP contribution in [0.25, 0.3) is 0 Å². The summed E-state index contributed by atoms with van der Waals surface area (Å²) in [5.41, 5.74) is 1.42. The van der Waals surface area contributed by atoms with E-state index in [4.69, 9.17) is 4.74 Å². The van der Waals surface area contributed by atoms with Crippen LogP contribution in [0.2, 0.25) is 0 Å². The zero-order chi connectivity index (χ0) is 22.9. The Hall–Kier alpha value is -3.07. The smallest absolute Gasteiger partial charge is 0.315 e. The third-order valence-electron chi connectivity index (χ3n) is 6.16. The minimum absolute atomic E-state index is 0.0536. The molecule has 0 atom stereocenters. The summed E-state index contributed by atoms with van der Waals surface area (Å²) >= 11 is 0. The highest BCUT2D eigenvalue weighted by molar-refractivity contribution is 7.90. The minimum atomic E-state index is -3.36. The van der Waals surface area contributed by atoms with Crippen molar-refractivity contribution in [1.29, 1.82) is 0 Å². The van der Waals surface area contributed by atoms with Crippen molar-refractivity contribution in [2.24, 2.45) is 5.41 Å². The van der Waals surface area contributed by atoms with Gasteiger partial charge in [-0.15, -0.1) is 0 Å². The molecule has 2 N–H and O–H groups in total. The average Bonchev–Trinajstić information content (AvgIpc) is 2.72. The van der Waals surface area contributed by atoms with Crippen LogP contribution in [0.4, 0.5) is 4.79 Å². The molecular weight excluding hydrogens is 430 g/mol. The Morgan fingerprint density at radius 3 is 2.44 bits per heavy atom. The lowest BCUT2D eigenvalue weighted by atomic mass is 9.60. The molecule has 2 aromatic carbocycles. The highest BCUT2D eigenvalue weighted by Gasteiger charge is 2.54. The van der Waals surface area contributed by atoms with E-state index in [0.29, 0.717) is 25.2 Å². The van der Waals surface area contributed by atoms with Gasteiger partial charge in [-0.05, 0) is 48.7 Å². The number of hydrogen-bond acceptors (Lipinski definition) is 5. The molecule has 9 heteroatoms. The first kappa shape index (κ1) is 22.1. The number of carbonyl (C=O) groups is 2. The average molecular weight is 458 g/mol. The molecule has 1 saturated carbocycles. The van der Waals surface area contributed by atoms with Gasteiger partial charge in [-0.1, -0.05) is 18.2 Å². The Kier molecular flexibility index (Phi) is 5.85. The van der Waals surface area contributed by atoms with Crippen LogP contribution in [0, 0.1) is 5.41 Å². The van der Waals surface area contributed by atoms with E-state index in [9.17, 15) is 18.0 Å². The molecule has 1 saturated heterocycles. The lowest BCUT2D eigenvalue weighted by molar-refractivity contribution is -0.0585. The van der Waals surface area contributed by atoms with Gasteiger partial charge in [0.15, 0.2) is 9.84 Å². The monoisotopic (exact) mass is 457 g/mol. The number of benzene rings is 2. The summed E-state index contributed by atoms with van der Waals surface area (Å²) in [7, 11) is -1.75. The van der Waals surface area contributed by atoms with Crippen LogP contribution in [0.1, 0.15) is 28.8 Å². The molecule has 2 aromatic rings. The van der Waals surface area contributed by atoms with Crippen molar-refractivity contribution in [1.82, 2.24) is 15.5 Å². The fourth-order valence-corrected chi connectivity index (χ4v) is 5.12. The lowest BCUT2D eigenvalue weighted by Crippen LogP contribution is -2.67. The summed E-state index contributed by atoms with van der Waals surface area (Å²) in [6.07, 6.45) is 2.79. The van der Waals surface area contributed by atoms with Crippen molar-refractivity contribution in [3.63, 3.8) is 0 Å². The molecule has 2 aliphatic rings.